The second-order valence-electron chi connectivity index (χ2n) is 4.14. The molecule has 0 aromatic heterocycles. The number of nitrogens with one attached hydrogen (secondary N) is 1. The largest absolute Gasteiger partial charge is 0.462 e. The second-order valence-corrected chi connectivity index (χ2v) is 4.14. The summed E-state index contributed by atoms with van der Waals surface area (Å²) < 4.78 is 5.43. The van der Waals surface area contributed by atoms with Gasteiger partial charge in [0.2, 0.25) is 0 Å². The summed E-state index contributed by atoms with van der Waals surface area (Å²) in [7, 11) is 1.84. The minimum atomic E-state index is -0.0573. The van der Waals surface area contributed by atoms with Crippen molar-refractivity contribution in [1.82, 2.24) is 5.32 Å². The first kappa shape index (κ1) is 11.5. The Kier molecular flexibility index (Phi) is 4.94. The maximum atomic E-state index is 11.4. The average Bonchev–Trinajstić information content (AvgIpc) is 2.18. The summed E-state index contributed by atoms with van der Waals surface area (Å²) in [6, 6.07) is 0. The molecule has 1 N–H and O–H groups in total. The lowest BCUT2D eigenvalue weighted by Gasteiger charge is -2.28. The Bertz CT molecular complexity index is 182. The Hall–Kier alpha value is -0.570. The van der Waals surface area contributed by atoms with Crippen LogP contribution in [0.3, 0.4) is 0 Å². The molecule has 1 aliphatic carbocycles. The van der Waals surface area contributed by atoms with Gasteiger partial charge in [0.1, 0.15) is 6.10 Å². The van der Waals surface area contributed by atoms with E-state index in [2.05, 4.69) is 12.2 Å². The summed E-state index contributed by atoms with van der Waals surface area (Å²) in [4.78, 5) is 11.4. The molecule has 3 heteroatoms. The highest BCUT2D eigenvalue weighted by molar-refractivity contribution is 5.69. The standard InChI is InChI=1S/C11H21NO2/c1-9-5-3-4-6-10(9)14-11(13)7-8-12-2/h9-10,12H,3-8H2,1-2H3. The molecular weight excluding hydrogens is 178 g/mol. The normalized spacial score (nSPS) is 27.3. The molecule has 2 atom stereocenters. The van der Waals surface area contributed by atoms with Crippen LogP contribution in [0.5, 0.6) is 0 Å². The van der Waals surface area contributed by atoms with Crippen LogP contribution < -0.4 is 5.32 Å². The maximum absolute atomic E-state index is 11.4. The van der Waals surface area contributed by atoms with Crippen molar-refractivity contribution < 1.29 is 9.53 Å². The number of carbonyl (C=O) groups excluding carboxylic acids is 1. The van der Waals surface area contributed by atoms with Crippen molar-refractivity contribution in [2.45, 2.75) is 45.1 Å². The Morgan fingerprint density at radius 2 is 2.14 bits per heavy atom. The zero-order chi connectivity index (χ0) is 10.4. The SMILES string of the molecule is CNCCC(=O)OC1CCCCC1C. The molecule has 0 aromatic rings. The average molecular weight is 199 g/mol. The van der Waals surface area contributed by atoms with Crippen molar-refractivity contribution in [2.24, 2.45) is 5.92 Å². The van der Waals surface area contributed by atoms with E-state index >= 15 is 0 Å². The van der Waals surface area contributed by atoms with E-state index in [4.69, 9.17) is 4.74 Å². The fraction of sp³-hybridized carbons (Fsp3) is 0.909. The highest BCUT2D eigenvalue weighted by Crippen LogP contribution is 2.26. The number of ether oxygens (including phenoxy) is 1. The lowest BCUT2D eigenvalue weighted by atomic mass is 9.88. The van der Waals surface area contributed by atoms with Crippen LogP contribution in [0.1, 0.15) is 39.0 Å². The van der Waals surface area contributed by atoms with Gasteiger partial charge in [0.05, 0.1) is 6.42 Å². The molecule has 1 rings (SSSR count). The molecule has 0 aliphatic heterocycles. The van der Waals surface area contributed by atoms with Crippen molar-refractivity contribution >= 4 is 5.97 Å². The van der Waals surface area contributed by atoms with Crippen LogP contribution >= 0.6 is 0 Å². The number of carbonyl (C=O) groups is 1. The van der Waals surface area contributed by atoms with Gasteiger partial charge in [-0.3, -0.25) is 4.79 Å². The molecular formula is C11H21NO2. The third kappa shape index (κ3) is 3.66. The summed E-state index contributed by atoms with van der Waals surface area (Å²) in [5, 5.41) is 2.95. The van der Waals surface area contributed by atoms with Crippen LogP contribution in [-0.4, -0.2) is 25.7 Å². The fourth-order valence-corrected chi connectivity index (χ4v) is 1.91. The van der Waals surface area contributed by atoms with Crippen molar-refractivity contribution in [1.29, 1.82) is 0 Å². The zero-order valence-corrected chi connectivity index (χ0v) is 9.21. The van der Waals surface area contributed by atoms with Gasteiger partial charge in [-0.1, -0.05) is 13.3 Å². The first-order valence-corrected chi connectivity index (χ1v) is 5.58. The predicted molar refractivity (Wildman–Crippen MR) is 56.1 cm³/mol. The van der Waals surface area contributed by atoms with Crippen LogP contribution in [0.15, 0.2) is 0 Å². The summed E-state index contributed by atoms with van der Waals surface area (Å²) in [5.74, 6) is 0.486. The van der Waals surface area contributed by atoms with Crippen LogP contribution in [0.2, 0.25) is 0 Å². The van der Waals surface area contributed by atoms with E-state index in [9.17, 15) is 4.79 Å². The Balaban J connectivity index is 2.23. The van der Waals surface area contributed by atoms with Crippen molar-refractivity contribution in [3.63, 3.8) is 0 Å². The smallest absolute Gasteiger partial charge is 0.307 e. The minimum Gasteiger partial charge on any atom is -0.462 e. The second kappa shape index (κ2) is 6.02. The monoisotopic (exact) mass is 199 g/mol. The molecule has 0 bridgehead atoms. The van der Waals surface area contributed by atoms with Gasteiger partial charge in [-0.25, -0.2) is 0 Å². The van der Waals surface area contributed by atoms with Gasteiger partial charge in [0.25, 0.3) is 0 Å². The van der Waals surface area contributed by atoms with E-state index in [0.29, 0.717) is 18.9 Å². The summed E-state index contributed by atoms with van der Waals surface area (Å²) >= 11 is 0. The Labute approximate surface area is 86.2 Å². The van der Waals surface area contributed by atoms with Crippen molar-refractivity contribution in [3.05, 3.63) is 0 Å². The molecule has 1 fully saturated rings. The lowest BCUT2D eigenvalue weighted by molar-refractivity contribution is -0.153. The van der Waals surface area contributed by atoms with Crippen molar-refractivity contribution in [2.75, 3.05) is 13.6 Å². The molecule has 2 unspecified atom stereocenters. The van der Waals surface area contributed by atoms with Gasteiger partial charge in [0, 0.05) is 6.54 Å². The van der Waals surface area contributed by atoms with Gasteiger partial charge >= 0.3 is 5.97 Å². The zero-order valence-electron chi connectivity index (χ0n) is 9.21. The maximum Gasteiger partial charge on any atom is 0.307 e. The fourth-order valence-electron chi connectivity index (χ4n) is 1.91. The van der Waals surface area contributed by atoms with E-state index in [1.54, 1.807) is 0 Å². The third-order valence-electron chi connectivity index (χ3n) is 2.89. The minimum absolute atomic E-state index is 0.0573. The van der Waals surface area contributed by atoms with Crippen LogP contribution in [0, 0.1) is 5.92 Å². The quantitative estimate of drug-likeness (QED) is 0.701. The molecule has 82 valence electrons. The van der Waals surface area contributed by atoms with E-state index in [0.717, 1.165) is 6.42 Å². The highest BCUT2D eigenvalue weighted by Gasteiger charge is 2.24. The molecule has 14 heavy (non-hydrogen) atoms. The third-order valence-corrected chi connectivity index (χ3v) is 2.89. The highest BCUT2D eigenvalue weighted by atomic mass is 16.5. The first-order valence-electron chi connectivity index (χ1n) is 5.58. The molecule has 0 aromatic carbocycles. The van der Waals surface area contributed by atoms with E-state index in [1.165, 1.54) is 19.3 Å². The Morgan fingerprint density at radius 1 is 1.43 bits per heavy atom. The molecule has 1 saturated carbocycles. The van der Waals surface area contributed by atoms with Gasteiger partial charge in [-0.05, 0) is 32.2 Å². The number of hydrogen-bond donors (Lipinski definition) is 1. The Morgan fingerprint density at radius 3 is 2.79 bits per heavy atom. The van der Waals surface area contributed by atoms with Crippen LogP contribution in [0.25, 0.3) is 0 Å². The van der Waals surface area contributed by atoms with Gasteiger partial charge in [-0.15, -0.1) is 0 Å². The number of esters is 1. The molecule has 0 spiro atoms. The van der Waals surface area contributed by atoms with E-state index in [-0.39, 0.29) is 12.1 Å². The molecule has 0 radical (unpaired) electrons. The molecule has 0 saturated heterocycles. The van der Waals surface area contributed by atoms with Crippen molar-refractivity contribution in [3.8, 4) is 0 Å². The topological polar surface area (TPSA) is 38.3 Å². The van der Waals surface area contributed by atoms with Crippen LogP contribution in [-0.2, 0) is 9.53 Å². The van der Waals surface area contributed by atoms with E-state index < -0.39 is 0 Å². The molecule has 0 amide bonds. The molecule has 1 aliphatic rings. The number of hydrogen-bond acceptors (Lipinski definition) is 3. The predicted octanol–water partition coefficient (Wildman–Crippen LogP) is 1.72. The lowest BCUT2D eigenvalue weighted by Crippen LogP contribution is -2.29. The summed E-state index contributed by atoms with van der Waals surface area (Å²) in [6.45, 7) is 2.88. The van der Waals surface area contributed by atoms with Crippen LogP contribution in [0.4, 0.5) is 0 Å². The van der Waals surface area contributed by atoms with Gasteiger partial charge in [-0.2, -0.15) is 0 Å². The first-order chi connectivity index (χ1) is 6.74. The summed E-state index contributed by atoms with van der Waals surface area (Å²) in [5.41, 5.74) is 0. The van der Waals surface area contributed by atoms with Gasteiger partial charge < -0.3 is 10.1 Å². The number of rotatable bonds is 4. The van der Waals surface area contributed by atoms with E-state index in [1.807, 2.05) is 7.05 Å². The molecule has 0 heterocycles. The molecule has 3 nitrogen and oxygen atoms in total. The summed E-state index contributed by atoms with van der Waals surface area (Å²) in [6.07, 6.45) is 5.39. The van der Waals surface area contributed by atoms with Gasteiger partial charge in [0.15, 0.2) is 0 Å².